The highest BCUT2D eigenvalue weighted by Crippen LogP contribution is 2.36. The fraction of sp³-hybridized carbons (Fsp3) is 0.769. The molecule has 90 valence electrons. The lowest BCUT2D eigenvalue weighted by Crippen LogP contribution is -2.22. The first-order chi connectivity index (χ1) is 7.30. The average Bonchev–Trinajstić information content (AvgIpc) is 2.74. The summed E-state index contributed by atoms with van der Waals surface area (Å²) in [6, 6.07) is 2.23. The zero-order valence-electron chi connectivity index (χ0n) is 10.9. The molecule has 1 aliphatic carbocycles. The molecule has 1 saturated carbocycles. The first-order valence-electron chi connectivity index (χ1n) is 6.12. The highest BCUT2D eigenvalue weighted by molar-refractivity contribution is 5.18. The maximum atomic E-state index is 6.11. The number of hydrogen-bond acceptors (Lipinski definition) is 2. The van der Waals surface area contributed by atoms with Crippen LogP contribution < -0.4 is 5.73 Å². The van der Waals surface area contributed by atoms with Gasteiger partial charge in [0.1, 0.15) is 0 Å². The molecule has 1 aliphatic rings. The summed E-state index contributed by atoms with van der Waals surface area (Å²) < 4.78 is 2.01. The molecule has 3 nitrogen and oxygen atoms in total. The summed E-state index contributed by atoms with van der Waals surface area (Å²) in [6.45, 7) is 6.60. The Labute approximate surface area is 98.0 Å². The second kappa shape index (κ2) is 3.59. The Morgan fingerprint density at radius 3 is 2.50 bits per heavy atom. The van der Waals surface area contributed by atoms with Gasteiger partial charge in [-0.25, -0.2) is 0 Å². The Hall–Kier alpha value is -0.830. The van der Waals surface area contributed by atoms with E-state index in [2.05, 4.69) is 31.9 Å². The fourth-order valence-corrected chi connectivity index (χ4v) is 1.89. The lowest BCUT2D eigenvalue weighted by atomic mass is 9.92. The molecular weight excluding hydrogens is 198 g/mol. The van der Waals surface area contributed by atoms with Gasteiger partial charge in [-0.15, -0.1) is 0 Å². The molecule has 0 unspecified atom stereocenters. The van der Waals surface area contributed by atoms with Crippen molar-refractivity contribution in [3.63, 3.8) is 0 Å². The van der Waals surface area contributed by atoms with Gasteiger partial charge in [-0.2, -0.15) is 5.10 Å². The number of hydrogen-bond donors (Lipinski definition) is 1. The van der Waals surface area contributed by atoms with Crippen molar-refractivity contribution in [2.45, 2.75) is 57.4 Å². The molecule has 2 N–H and O–H groups in total. The highest BCUT2D eigenvalue weighted by atomic mass is 15.3. The lowest BCUT2D eigenvalue weighted by Gasteiger charge is -2.13. The van der Waals surface area contributed by atoms with E-state index in [9.17, 15) is 0 Å². The van der Waals surface area contributed by atoms with Gasteiger partial charge < -0.3 is 5.73 Å². The van der Waals surface area contributed by atoms with Gasteiger partial charge in [0, 0.05) is 23.7 Å². The van der Waals surface area contributed by atoms with Gasteiger partial charge in [0.05, 0.1) is 5.69 Å². The molecule has 0 amide bonds. The Kier molecular flexibility index (Phi) is 2.61. The minimum absolute atomic E-state index is 0.135. The van der Waals surface area contributed by atoms with Gasteiger partial charge in [-0.05, 0) is 31.7 Å². The quantitative estimate of drug-likeness (QED) is 0.850. The standard InChI is InChI=1S/C13H23N3/c1-12(2,3)11-9-10(16(4)15-11)5-6-13(14)7-8-13/h9H,5-8,14H2,1-4H3. The Balaban J connectivity index is 2.06. The Morgan fingerprint density at radius 1 is 1.44 bits per heavy atom. The van der Waals surface area contributed by atoms with Crippen molar-refractivity contribution < 1.29 is 0 Å². The number of nitrogens with zero attached hydrogens (tertiary/aromatic N) is 2. The number of nitrogens with two attached hydrogens (primary N) is 1. The predicted octanol–water partition coefficient (Wildman–Crippen LogP) is 2.14. The maximum Gasteiger partial charge on any atom is 0.0680 e. The van der Waals surface area contributed by atoms with E-state index in [1.165, 1.54) is 24.2 Å². The van der Waals surface area contributed by atoms with E-state index in [-0.39, 0.29) is 11.0 Å². The number of aryl methyl sites for hydroxylation is 2. The first-order valence-corrected chi connectivity index (χ1v) is 6.12. The summed E-state index contributed by atoms with van der Waals surface area (Å²) in [5, 5.41) is 4.58. The Bertz CT molecular complexity index is 380. The predicted molar refractivity (Wildman–Crippen MR) is 66.4 cm³/mol. The van der Waals surface area contributed by atoms with Crippen LogP contribution in [0.25, 0.3) is 0 Å². The van der Waals surface area contributed by atoms with Crippen LogP contribution in [0.3, 0.4) is 0 Å². The monoisotopic (exact) mass is 221 g/mol. The van der Waals surface area contributed by atoms with Gasteiger partial charge in [0.15, 0.2) is 0 Å². The largest absolute Gasteiger partial charge is 0.325 e. The third-order valence-electron chi connectivity index (χ3n) is 3.52. The van der Waals surface area contributed by atoms with Crippen LogP contribution in [0.2, 0.25) is 0 Å². The number of rotatable bonds is 3. The van der Waals surface area contributed by atoms with Crippen molar-refractivity contribution in [2.24, 2.45) is 12.8 Å². The molecular formula is C13H23N3. The third kappa shape index (κ3) is 2.46. The van der Waals surface area contributed by atoms with Gasteiger partial charge in [-0.1, -0.05) is 20.8 Å². The van der Waals surface area contributed by atoms with Crippen molar-refractivity contribution in [2.75, 3.05) is 0 Å². The van der Waals surface area contributed by atoms with Crippen LogP contribution in [-0.4, -0.2) is 15.3 Å². The van der Waals surface area contributed by atoms with Crippen molar-refractivity contribution >= 4 is 0 Å². The van der Waals surface area contributed by atoms with Crippen molar-refractivity contribution in [1.82, 2.24) is 9.78 Å². The smallest absolute Gasteiger partial charge is 0.0680 e. The second-order valence-electron chi connectivity index (χ2n) is 6.26. The van der Waals surface area contributed by atoms with Gasteiger partial charge in [0.25, 0.3) is 0 Å². The van der Waals surface area contributed by atoms with E-state index in [4.69, 9.17) is 5.73 Å². The van der Waals surface area contributed by atoms with Gasteiger partial charge in [0.2, 0.25) is 0 Å². The summed E-state index contributed by atoms with van der Waals surface area (Å²) >= 11 is 0. The van der Waals surface area contributed by atoms with Crippen LogP contribution in [0.1, 0.15) is 51.4 Å². The summed E-state index contributed by atoms with van der Waals surface area (Å²) in [6.07, 6.45) is 4.53. The summed E-state index contributed by atoms with van der Waals surface area (Å²) in [5.41, 5.74) is 8.87. The van der Waals surface area contributed by atoms with E-state index >= 15 is 0 Å². The molecule has 3 heteroatoms. The molecule has 0 aliphatic heterocycles. The summed E-state index contributed by atoms with van der Waals surface area (Å²) in [7, 11) is 2.03. The van der Waals surface area contributed by atoms with Crippen LogP contribution >= 0.6 is 0 Å². The zero-order valence-corrected chi connectivity index (χ0v) is 10.9. The first kappa shape index (κ1) is 11.6. The molecule has 0 aromatic carbocycles. The minimum Gasteiger partial charge on any atom is -0.325 e. The molecule has 0 bridgehead atoms. The molecule has 1 aromatic heterocycles. The van der Waals surface area contributed by atoms with Crippen molar-refractivity contribution in [3.05, 3.63) is 17.5 Å². The summed E-state index contributed by atoms with van der Waals surface area (Å²) in [4.78, 5) is 0. The second-order valence-corrected chi connectivity index (χ2v) is 6.26. The van der Waals surface area contributed by atoms with E-state index < -0.39 is 0 Å². The van der Waals surface area contributed by atoms with Crippen LogP contribution in [0, 0.1) is 0 Å². The van der Waals surface area contributed by atoms with Crippen LogP contribution in [0.5, 0.6) is 0 Å². The molecule has 1 heterocycles. The van der Waals surface area contributed by atoms with Crippen LogP contribution in [0.4, 0.5) is 0 Å². The molecule has 0 spiro atoms. The lowest BCUT2D eigenvalue weighted by molar-refractivity contribution is 0.547. The molecule has 2 rings (SSSR count). The maximum absolute atomic E-state index is 6.11. The molecule has 0 radical (unpaired) electrons. The van der Waals surface area contributed by atoms with E-state index in [1.807, 2.05) is 11.7 Å². The Morgan fingerprint density at radius 2 is 2.06 bits per heavy atom. The fourth-order valence-electron chi connectivity index (χ4n) is 1.89. The normalized spacial score (nSPS) is 18.8. The minimum atomic E-state index is 0.135. The molecule has 0 saturated heterocycles. The zero-order chi connectivity index (χ0) is 12.0. The molecule has 1 fully saturated rings. The topological polar surface area (TPSA) is 43.8 Å². The van der Waals surface area contributed by atoms with Gasteiger partial charge >= 0.3 is 0 Å². The third-order valence-corrected chi connectivity index (χ3v) is 3.52. The molecule has 1 aromatic rings. The number of aromatic nitrogens is 2. The van der Waals surface area contributed by atoms with E-state index in [0.717, 1.165) is 12.8 Å². The summed E-state index contributed by atoms with van der Waals surface area (Å²) in [5.74, 6) is 0. The molecule has 16 heavy (non-hydrogen) atoms. The van der Waals surface area contributed by atoms with Crippen molar-refractivity contribution in [3.8, 4) is 0 Å². The average molecular weight is 221 g/mol. The van der Waals surface area contributed by atoms with Crippen LogP contribution in [-0.2, 0) is 18.9 Å². The SMILES string of the molecule is Cn1nc(C(C)(C)C)cc1CCC1(N)CC1. The van der Waals surface area contributed by atoms with Gasteiger partial charge in [-0.3, -0.25) is 4.68 Å². The highest BCUT2D eigenvalue weighted by Gasteiger charge is 2.37. The molecule has 0 atom stereocenters. The van der Waals surface area contributed by atoms with Crippen LogP contribution in [0.15, 0.2) is 6.07 Å². The van der Waals surface area contributed by atoms with Crippen molar-refractivity contribution in [1.29, 1.82) is 0 Å². The van der Waals surface area contributed by atoms with E-state index in [0.29, 0.717) is 0 Å². The van der Waals surface area contributed by atoms with E-state index in [1.54, 1.807) is 0 Å².